The molecule has 0 saturated carbocycles. The van der Waals surface area contributed by atoms with Crippen LogP contribution in [0.15, 0.2) is 72.8 Å². The van der Waals surface area contributed by atoms with Crippen molar-refractivity contribution in [3.05, 3.63) is 88.4 Å². The summed E-state index contributed by atoms with van der Waals surface area (Å²) in [7, 11) is 0. The van der Waals surface area contributed by atoms with E-state index >= 15 is 0 Å². The maximum Gasteiger partial charge on any atom is 0.341 e. The van der Waals surface area contributed by atoms with E-state index in [1.807, 2.05) is 65.3 Å². The molecular weight excluding hydrogens is 447 g/mol. The topological polar surface area (TPSA) is 64.3 Å². The summed E-state index contributed by atoms with van der Waals surface area (Å²) < 4.78 is 7.37. The van der Waals surface area contributed by atoms with Gasteiger partial charge in [-0.3, -0.25) is 0 Å². The molecule has 0 aliphatic heterocycles. The van der Waals surface area contributed by atoms with E-state index in [4.69, 9.17) is 38.1 Å². The average molecular weight is 467 g/mol. The summed E-state index contributed by atoms with van der Waals surface area (Å²) in [6, 6.07) is 22.6. The van der Waals surface area contributed by atoms with Crippen LogP contribution in [0, 0.1) is 0 Å². The van der Waals surface area contributed by atoms with Gasteiger partial charge in [0.25, 0.3) is 0 Å². The minimum atomic E-state index is -1.04. The van der Waals surface area contributed by atoms with E-state index in [9.17, 15) is 4.79 Å². The highest BCUT2D eigenvalue weighted by atomic mass is 35.5. The van der Waals surface area contributed by atoms with E-state index in [2.05, 4.69) is 6.92 Å². The van der Waals surface area contributed by atoms with Crippen molar-refractivity contribution in [3.63, 3.8) is 0 Å². The Morgan fingerprint density at radius 2 is 1.78 bits per heavy atom. The van der Waals surface area contributed by atoms with Gasteiger partial charge in [-0.15, -0.1) is 0 Å². The molecule has 32 heavy (non-hydrogen) atoms. The van der Waals surface area contributed by atoms with Crippen LogP contribution in [0.3, 0.4) is 0 Å². The molecule has 0 fully saturated rings. The van der Waals surface area contributed by atoms with Crippen molar-refractivity contribution in [2.45, 2.75) is 13.3 Å². The number of carbonyl (C=O) groups is 1. The molecule has 4 aromatic rings. The van der Waals surface area contributed by atoms with Crippen LogP contribution in [-0.2, 0) is 11.2 Å². The lowest BCUT2D eigenvalue weighted by Crippen LogP contribution is -2.10. The Labute approximate surface area is 195 Å². The third kappa shape index (κ3) is 4.79. The number of aliphatic carboxylic acids is 1. The minimum Gasteiger partial charge on any atom is -0.481 e. The summed E-state index contributed by atoms with van der Waals surface area (Å²) in [6.07, 6.45) is 0.825. The SMILES string of the molecule is CCc1ccc(OCC(=O)O)c(-c2cc(-c3ccc(Cl)cc3)n(-c3cccc(Cl)c3)n2)c1. The van der Waals surface area contributed by atoms with Gasteiger partial charge in [-0.05, 0) is 60.5 Å². The van der Waals surface area contributed by atoms with Crippen molar-refractivity contribution in [3.8, 4) is 34.0 Å². The van der Waals surface area contributed by atoms with Gasteiger partial charge in [0.15, 0.2) is 6.61 Å². The molecule has 0 atom stereocenters. The lowest BCUT2D eigenvalue weighted by atomic mass is 10.0. The number of hydrogen-bond acceptors (Lipinski definition) is 3. The standard InChI is InChI=1S/C25H20Cl2N2O3/c1-2-16-6-11-24(32-15-25(30)31)21(12-16)22-14-23(17-7-9-18(26)10-8-17)29(28-22)20-5-3-4-19(27)13-20/h3-14H,2,15H2,1H3,(H,30,31). The maximum absolute atomic E-state index is 11.1. The predicted octanol–water partition coefficient (Wildman–Crippen LogP) is 6.54. The fourth-order valence-electron chi connectivity index (χ4n) is 3.41. The molecule has 4 rings (SSSR count). The first kappa shape index (κ1) is 21.9. The van der Waals surface area contributed by atoms with Gasteiger partial charge in [0, 0.05) is 21.2 Å². The van der Waals surface area contributed by atoms with Crippen molar-refractivity contribution in [1.82, 2.24) is 9.78 Å². The van der Waals surface area contributed by atoms with Crippen LogP contribution in [-0.4, -0.2) is 27.5 Å². The number of nitrogens with zero attached hydrogens (tertiary/aromatic N) is 2. The van der Waals surface area contributed by atoms with Gasteiger partial charge in [0.05, 0.1) is 17.1 Å². The van der Waals surface area contributed by atoms with E-state index in [1.165, 1.54) is 0 Å². The third-order valence-corrected chi connectivity index (χ3v) is 5.47. The second kappa shape index (κ2) is 9.47. The Balaban J connectivity index is 1.90. The number of carboxylic acids is 1. The van der Waals surface area contributed by atoms with Crippen LogP contribution >= 0.6 is 23.2 Å². The third-order valence-electron chi connectivity index (χ3n) is 4.98. The lowest BCUT2D eigenvalue weighted by molar-refractivity contribution is -0.139. The summed E-state index contributed by atoms with van der Waals surface area (Å²) >= 11 is 12.3. The van der Waals surface area contributed by atoms with Crippen molar-refractivity contribution in [2.24, 2.45) is 0 Å². The van der Waals surface area contributed by atoms with Crippen LogP contribution in [0.25, 0.3) is 28.2 Å². The van der Waals surface area contributed by atoms with Crippen molar-refractivity contribution in [1.29, 1.82) is 0 Å². The number of hydrogen-bond donors (Lipinski definition) is 1. The van der Waals surface area contributed by atoms with Gasteiger partial charge < -0.3 is 9.84 Å². The van der Waals surface area contributed by atoms with Crippen molar-refractivity contribution >= 4 is 29.2 Å². The zero-order valence-corrected chi connectivity index (χ0v) is 18.8. The van der Waals surface area contributed by atoms with Crippen LogP contribution in [0.1, 0.15) is 12.5 Å². The molecule has 5 nitrogen and oxygen atoms in total. The summed E-state index contributed by atoms with van der Waals surface area (Å²) in [5.41, 5.74) is 5.03. The van der Waals surface area contributed by atoms with Gasteiger partial charge in [-0.1, -0.05) is 54.4 Å². The monoisotopic (exact) mass is 466 g/mol. The number of aryl methyl sites for hydroxylation is 1. The zero-order chi connectivity index (χ0) is 22.7. The largest absolute Gasteiger partial charge is 0.481 e. The molecule has 0 aliphatic rings. The molecule has 0 radical (unpaired) electrons. The number of rotatable bonds is 7. The lowest BCUT2D eigenvalue weighted by Gasteiger charge is -2.10. The highest BCUT2D eigenvalue weighted by Crippen LogP contribution is 2.35. The molecular formula is C25H20Cl2N2O3. The molecule has 1 N–H and O–H groups in total. The fourth-order valence-corrected chi connectivity index (χ4v) is 3.72. The quantitative estimate of drug-likeness (QED) is 0.335. The number of carboxylic acid groups (broad SMARTS) is 1. The molecule has 1 heterocycles. The number of ether oxygens (including phenoxy) is 1. The average Bonchev–Trinajstić information content (AvgIpc) is 3.23. The Hall–Kier alpha value is -3.28. The van der Waals surface area contributed by atoms with Crippen LogP contribution in [0.5, 0.6) is 5.75 Å². The summed E-state index contributed by atoms with van der Waals surface area (Å²) in [5.74, 6) is -0.579. The molecule has 1 aromatic heterocycles. The second-order valence-electron chi connectivity index (χ2n) is 7.18. The molecule has 0 saturated heterocycles. The van der Waals surface area contributed by atoms with Gasteiger partial charge in [-0.25, -0.2) is 9.48 Å². The summed E-state index contributed by atoms with van der Waals surface area (Å²) in [6.45, 7) is 1.62. The van der Waals surface area contributed by atoms with Gasteiger partial charge in [0.2, 0.25) is 0 Å². The zero-order valence-electron chi connectivity index (χ0n) is 17.3. The Bertz CT molecular complexity index is 1270. The van der Waals surface area contributed by atoms with Crippen LogP contribution < -0.4 is 4.74 Å². The van der Waals surface area contributed by atoms with Crippen LogP contribution in [0.2, 0.25) is 10.0 Å². The normalized spacial score (nSPS) is 10.8. The Morgan fingerprint density at radius 1 is 1.00 bits per heavy atom. The number of benzene rings is 3. The fraction of sp³-hybridized carbons (Fsp3) is 0.120. The molecule has 0 aliphatic carbocycles. The highest BCUT2D eigenvalue weighted by molar-refractivity contribution is 6.31. The van der Waals surface area contributed by atoms with Gasteiger partial charge in [-0.2, -0.15) is 5.10 Å². The van der Waals surface area contributed by atoms with Gasteiger partial charge in [0.1, 0.15) is 5.75 Å². The first-order chi connectivity index (χ1) is 15.4. The maximum atomic E-state index is 11.1. The van der Waals surface area contributed by atoms with Crippen LogP contribution in [0.4, 0.5) is 0 Å². The number of halogens is 2. The second-order valence-corrected chi connectivity index (χ2v) is 8.05. The minimum absolute atomic E-state index is 0.433. The number of aromatic nitrogens is 2. The summed E-state index contributed by atoms with van der Waals surface area (Å²) in [4.78, 5) is 11.1. The summed E-state index contributed by atoms with van der Waals surface area (Å²) in [5, 5.41) is 15.2. The Kier molecular flexibility index (Phi) is 6.49. The molecule has 162 valence electrons. The molecule has 0 spiro atoms. The van der Waals surface area contributed by atoms with E-state index in [0.717, 1.165) is 34.5 Å². The van der Waals surface area contributed by atoms with E-state index in [1.54, 1.807) is 12.1 Å². The predicted molar refractivity (Wildman–Crippen MR) is 127 cm³/mol. The Morgan fingerprint density at radius 3 is 2.47 bits per heavy atom. The molecule has 7 heteroatoms. The first-order valence-corrected chi connectivity index (χ1v) is 10.8. The molecule has 0 amide bonds. The van der Waals surface area contributed by atoms with E-state index in [-0.39, 0.29) is 0 Å². The molecule has 3 aromatic carbocycles. The smallest absolute Gasteiger partial charge is 0.341 e. The van der Waals surface area contributed by atoms with E-state index < -0.39 is 12.6 Å². The van der Waals surface area contributed by atoms with Crippen molar-refractivity contribution in [2.75, 3.05) is 6.61 Å². The molecule has 0 unspecified atom stereocenters. The van der Waals surface area contributed by atoms with Crippen molar-refractivity contribution < 1.29 is 14.6 Å². The van der Waals surface area contributed by atoms with Gasteiger partial charge >= 0.3 is 5.97 Å². The molecule has 0 bridgehead atoms. The highest BCUT2D eigenvalue weighted by Gasteiger charge is 2.17. The van der Waals surface area contributed by atoms with E-state index in [0.29, 0.717) is 21.5 Å². The first-order valence-electron chi connectivity index (χ1n) is 10.0.